The Labute approximate surface area is 167 Å². The van der Waals surface area contributed by atoms with Gasteiger partial charge in [0.2, 0.25) is 6.10 Å². The fraction of sp³-hybridized carbons (Fsp3) is 0.238. The third-order valence-electron chi connectivity index (χ3n) is 4.53. The van der Waals surface area contributed by atoms with Crippen molar-refractivity contribution in [2.24, 2.45) is 17.8 Å². The van der Waals surface area contributed by atoms with Crippen LogP contribution in [0.5, 0.6) is 11.5 Å². The van der Waals surface area contributed by atoms with Gasteiger partial charge in [0.25, 0.3) is 0 Å². The Bertz CT molecular complexity index is 888. The number of benzene rings is 2. The Kier molecular flexibility index (Phi) is 6.05. The molecule has 4 nitrogen and oxygen atoms in total. The average Bonchev–Trinajstić information content (AvgIpc) is 3.28. The zero-order valence-electron chi connectivity index (χ0n) is 14.5. The van der Waals surface area contributed by atoms with Crippen LogP contribution < -0.4 is 4.74 Å². The third-order valence-corrected chi connectivity index (χ3v) is 4.78. The van der Waals surface area contributed by atoms with Crippen LogP contribution in [0.2, 0.25) is 0 Å². The van der Waals surface area contributed by atoms with Gasteiger partial charge in [0.15, 0.2) is 0 Å². The van der Waals surface area contributed by atoms with E-state index in [1.165, 1.54) is 0 Å². The summed E-state index contributed by atoms with van der Waals surface area (Å²) >= 11 is 11.3. The molecule has 0 radical (unpaired) electrons. The number of nitrogens with zero attached hydrogens (tertiary/aromatic N) is 1. The highest BCUT2D eigenvalue weighted by molar-refractivity contribution is 6.55. The topological polar surface area (TPSA) is 59.3 Å². The van der Waals surface area contributed by atoms with E-state index in [4.69, 9.17) is 32.7 Å². The average molecular weight is 402 g/mol. The summed E-state index contributed by atoms with van der Waals surface area (Å²) in [6, 6.07) is 18.3. The van der Waals surface area contributed by atoms with Gasteiger partial charge in [0.05, 0.1) is 5.92 Å². The SMILES string of the molecule is CC1[C@@H](C=C(Cl)Cl)[C@H]1C(=O)O[C@H](C#N)c1cccc(Oc2ccccc2)c1. The Balaban J connectivity index is 1.69. The first-order chi connectivity index (χ1) is 13.0. The molecule has 0 N–H and O–H groups in total. The molecule has 1 aliphatic carbocycles. The van der Waals surface area contributed by atoms with Crippen molar-refractivity contribution < 1.29 is 14.3 Å². The lowest BCUT2D eigenvalue weighted by atomic mass is 10.1. The molecule has 0 aromatic heterocycles. The predicted octanol–water partition coefficient (Wildman–Crippen LogP) is 5.79. The van der Waals surface area contributed by atoms with Crippen LogP contribution >= 0.6 is 23.2 Å². The van der Waals surface area contributed by atoms with Gasteiger partial charge in [-0.15, -0.1) is 0 Å². The maximum absolute atomic E-state index is 12.4. The van der Waals surface area contributed by atoms with E-state index in [2.05, 4.69) is 0 Å². The minimum absolute atomic E-state index is 0.0606. The van der Waals surface area contributed by atoms with Gasteiger partial charge in [-0.25, -0.2) is 0 Å². The molecule has 0 spiro atoms. The van der Waals surface area contributed by atoms with E-state index in [0.29, 0.717) is 17.1 Å². The van der Waals surface area contributed by atoms with Gasteiger partial charge in [-0.1, -0.05) is 60.5 Å². The zero-order chi connectivity index (χ0) is 19.4. The van der Waals surface area contributed by atoms with E-state index >= 15 is 0 Å². The highest BCUT2D eigenvalue weighted by Crippen LogP contribution is 2.49. The number of hydrogen-bond acceptors (Lipinski definition) is 4. The van der Waals surface area contributed by atoms with Crippen LogP contribution in [0.1, 0.15) is 18.6 Å². The smallest absolute Gasteiger partial charge is 0.311 e. The highest BCUT2D eigenvalue weighted by atomic mass is 35.5. The summed E-state index contributed by atoms with van der Waals surface area (Å²) in [6.45, 7) is 1.92. The molecule has 1 saturated carbocycles. The number of halogens is 2. The fourth-order valence-corrected chi connectivity index (χ4v) is 3.29. The Morgan fingerprint density at radius 1 is 1.15 bits per heavy atom. The fourth-order valence-electron chi connectivity index (χ4n) is 3.00. The lowest BCUT2D eigenvalue weighted by Gasteiger charge is -2.13. The van der Waals surface area contributed by atoms with Crippen molar-refractivity contribution in [1.82, 2.24) is 0 Å². The van der Waals surface area contributed by atoms with E-state index in [9.17, 15) is 10.1 Å². The first-order valence-corrected chi connectivity index (χ1v) is 9.21. The van der Waals surface area contributed by atoms with Gasteiger partial charge < -0.3 is 9.47 Å². The van der Waals surface area contributed by atoms with Crippen molar-refractivity contribution in [3.05, 3.63) is 70.7 Å². The molecule has 27 heavy (non-hydrogen) atoms. The molecular weight excluding hydrogens is 385 g/mol. The van der Waals surface area contributed by atoms with E-state index in [1.54, 1.807) is 30.3 Å². The largest absolute Gasteiger partial charge is 0.457 e. The maximum Gasteiger partial charge on any atom is 0.311 e. The second kappa shape index (κ2) is 8.47. The van der Waals surface area contributed by atoms with Crippen molar-refractivity contribution in [2.45, 2.75) is 13.0 Å². The van der Waals surface area contributed by atoms with E-state index in [0.717, 1.165) is 0 Å². The Morgan fingerprint density at radius 3 is 2.52 bits per heavy atom. The second-order valence-corrected chi connectivity index (χ2v) is 7.36. The molecule has 1 aliphatic rings. The van der Waals surface area contributed by atoms with Crippen LogP contribution in [0, 0.1) is 29.1 Å². The van der Waals surface area contributed by atoms with Gasteiger partial charge in [0.1, 0.15) is 22.1 Å². The summed E-state index contributed by atoms with van der Waals surface area (Å²) in [5.74, 6) is 0.493. The summed E-state index contributed by atoms with van der Waals surface area (Å²) in [4.78, 5) is 12.4. The third kappa shape index (κ3) is 4.82. The molecule has 3 rings (SSSR count). The molecule has 0 heterocycles. The van der Waals surface area contributed by atoms with Crippen LogP contribution in [-0.2, 0) is 9.53 Å². The van der Waals surface area contributed by atoms with Gasteiger partial charge >= 0.3 is 5.97 Å². The van der Waals surface area contributed by atoms with Crippen molar-refractivity contribution in [1.29, 1.82) is 5.26 Å². The lowest BCUT2D eigenvalue weighted by Crippen LogP contribution is -2.13. The van der Waals surface area contributed by atoms with Crippen LogP contribution in [0.4, 0.5) is 0 Å². The van der Waals surface area contributed by atoms with Gasteiger partial charge in [0, 0.05) is 5.56 Å². The number of carbonyl (C=O) groups excluding carboxylic acids is 1. The molecule has 1 fully saturated rings. The van der Waals surface area contributed by atoms with Gasteiger partial charge in [-0.05, 0) is 42.2 Å². The summed E-state index contributed by atoms with van der Waals surface area (Å²) in [7, 11) is 0. The van der Waals surface area contributed by atoms with E-state index < -0.39 is 12.1 Å². The molecule has 0 aliphatic heterocycles. The molecule has 2 aromatic rings. The monoisotopic (exact) mass is 401 g/mol. The highest BCUT2D eigenvalue weighted by Gasteiger charge is 2.52. The van der Waals surface area contributed by atoms with Crippen LogP contribution in [0.25, 0.3) is 0 Å². The van der Waals surface area contributed by atoms with E-state index in [1.807, 2.05) is 43.3 Å². The van der Waals surface area contributed by atoms with Crippen LogP contribution in [-0.4, -0.2) is 5.97 Å². The van der Waals surface area contributed by atoms with Crippen LogP contribution in [0.15, 0.2) is 65.2 Å². The van der Waals surface area contributed by atoms with Crippen molar-refractivity contribution in [3.63, 3.8) is 0 Å². The van der Waals surface area contributed by atoms with Crippen molar-refractivity contribution in [3.8, 4) is 17.6 Å². The first-order valence-electron chi connectivity index (χ1n) is 8.45. The van der Waals surface area contributed by atoms with Crippen molar-refractivity contribution >= 4 is 29.2 Å². The predicted molar refractivity (Wildman–Crippen MR) is 103 cm³/mol. The van der Waals surface area contributed by atoms with Gasteiger partial charge in [-0.3, -0.25) is 4.79 Å². The summed E-state index contributed by atoms with van der Waals surface area (Å²) < 4.78 is 11.3. The summed E-state index contributed by atoms with van der Waals surface area (Å²) in [6.07, 6.45) is 0.621. The molecule has 138 valence electrons. The number of para-hydroxylation sites is 1. The number of ether oxygens (including phenoxy) is 2. The number of hydrogen-bond donors (Lipinski definition) is 0. The number of esters is 1. The quantitative estimate of drug-likeness (QED) is 0.574. The number of nitriles is 1. The molecule has 0 amide bonds. The molecular formula is C21H17Cl2NO3. The number of allylic oxidation sites excluding steroid dienone is 1. The number of carbonyl (C=O) groups is 1. The van der Waals surface area contributed by atoms with Gasteiger partial charge in [-0.2, -0.15) is 5.26 Å². The molecule has 0 saturated heterocycles. The minimum atomic E-state index is -1.01. The van der Waals surface area contributed by atoms with E-state index in [-0.39, 0.29) is 22.2 Å². The zero-order valence-corrected chi connectivity index (χ0v) is 16.0. The minimum Gasteiger partial charge on any atom is -0.457 e. The lowest BCUT2D eigenvalue weighted by molar-refractivity contribution is -0.149. The number of rotatable bonds is 6. The molecule has 0 bridgehead atoms. The second-order valence-electron chi connectivity index (χ2n) is 6.35. The van der Waals surface area contributed by atoms with Crippen molar-refractivity contribution in [2.75, 3.05) is 0 Å². The molecule has 1 unspecified atom stereocenters. The normalized spacial score (nSPS) is 21.5. The molecule has 2 aromatic carbocycles. The molecule has 4 atom stereocenters. The Hall–Kier alpha value is -2.48. The standard InChI is InChI=1S/C21H17Cl2NO3/c1-13-17(11-19(22)23)20(13)21(25)27-18(12-24)14-6-5-9-16(10-14)26-15-7-3-2-4-8-15/h2-11,13,17-18,20H,1H3/t13?,17-,18-,20+/m1/s1. The summed E-state index contributed by atoms with van der Waals surface area (Å²) in [5.41, 5.74) is 0.551. The summed E-state index contributed by atoms with van der Waals surface area (Å²) in [5, 5.41) is 9.47. The molecule has 6 heteroatoms. The maximum atomic E-state index is 12.4. The first kappa shape index (κ1) is 19.3. The van der Waals surface area contributed by atoms with Crippen LogP contribution in [0.3, 0.4) is 0 Å². The Morgan fingerprint density at radius 2 is 1.85 bits per heavy atom.